The van der Waals surface area contributed by atoms with Gasteiger partial charge in [0.15, 0.2) is 11.6 Å². The van der Waals surface area contributed by atoms with Crippen molar-refractivity contribution >= 4 is 11.8 Å². The standard InChI is InChI=1S/C14H15FO5/c1-4-20-8-10(14(17)19-3)13(16)9-5-6-12(18-2)11(15)7-9/h5-8H,4H2,1-3H3. The molecule has 0 fully saturated rings. The van der Waals surface area contributed by atoms with Crippen LogP contribution in [0.1, 0.15) is 17.3 Å². The number of ether oxygens (including phenoxy) is 3. The van der Waals surface area contributed by atoms with Gasteiger partial charge in [0.1, 0.15) is 11.8 Å². The van der Waals surface area contributed by atoms with Crippen molar-refractivity contribution in [2.45, 2.75) is 6.92 Å². The number of hydrogen-bond donors (Lipinski definition) is 0. The predicted molar refractivity (Wildman–Crippen MR) is 69.0 cm³/mol. The van der Waals surface area contributed by atoms with Crippen LogP contribution in [0.5, 0.6) is 5.75 Å². The molecule has 20 heavy (non-hydrogen) atoms. The van der Waals surface area contributed by atoms with Gasteiger partial charge in [-0.15, -0.1) is 0 Å². The Bertz CT molecular complexity index is 536. The lowest BCUT2D eigenvalue weighted by atomic mass is 10.0. The molecule has 0 amide bonds. The van der Waals surface area contributed by atoms with E-state index in [0.29, 0.717) is 0 Å². The summed E-state index contributed by atoms with van der Waals surface area (Å²) in [5.74, 6) is -2.22. The zero-order chi connectivity index (χ0) is 15.1. The molecule has 5 nitrogen and oxygen atoms in total. The third-order valence-corrected chi connectivity index (χ3v) is 2.43. The number of rotatable bonds is 6. The summed E-state index contributed by atoms with van der Waals surface area (Å²) in [6, 6.07) is 3.65. The van der Waals surface area contributed by atoms with Crippen LogP contribution in [-0.4, -0.2) is 32.6 Å². The number of methoxy groups -OCH3 is 2. The maximum absolute atomic E-state index is 13.6. The Balaban J connectivity index is 3.12. The van der Waals surface area contributed by atoms with Crippen molar-refractivity contribution < 1.29 is 28.2 Å². The van der Waals surface area contributed by atoms with E-state index in [1.807, 2.05) is 0 Å². The molecule has 0 radical (unpaired) electrons. The van der Waals surface area contributed by atoms with Crippen molar-refractivity contribution in [1.82, 2.24) is 0 Å². The molecule has 0 spiro atoms. The Labute approximate surface area is 115 Å². The highest BCUT2D eigenvalue weighted by atomic mass is 19.1. The molecule has 0 aliphatic rings. The van der Waals surface area contributed by atoms with E-state index >= 15 is 0 Å². The molecule has 0 aliphatic heterocycles. The molecule has 0 saturated heterocycles. The van der Waals surface area contributed by atoms with Gasteiger partial charge in [0.2, 0.25) is 5.78 Å². The van der Waals surface area contributed by atoms with E-state index in [2.05, 4.69) is 4.74 Å². The summed E-state index contributed by atoms with van der Waals surface area (Å²) < 4.78 is 27.8. The number of hydrogen-bond acceptors (Lipinski definition) is 5. The van der Waals surface area contributed by atoms with Crippen LogP contribution in [0.15, 0.2) is 30.0 Å². The minimum absolute atomic E-state index is 0.000321. The van der Waals surface area contributed by atoms with E-state index in [4.69, 9.17) is 9.47 Å². The van der Waals surface area contributed by atoms with Gasteiger partial charge >= 0.3 is 5.97 Å². The second-order valence-corrected chi connectivity index (χ2v) is 3.66. The summed E-state index contributed by atoms with van der Waals surface area (Å²) in [7, 11) is 2.46. The molecule has 1 aromatic rings. The Kier molecular flexibility index (Phi) is 5.71. The second-order valence-electron chi connectivity index (χ2n) is 3.66. The van der Waals surface area contributed by atoms with Gasteiger partial charge in [0, 0.05) is 5.56 Å². The molecule has 6 heteroatoms. The fourth-order valence-corrected chi connectivity index (χ4v) is 1.43. The van der Waals surface area contributed by atoms with Crippen LogP contribution in [0.2, 0.25) is 0 Å². The van der Waals surface area contributed by atoms with E-state index in [1.54, 1.807) is 6.92 Å². The first-order chi connectivity index (χ1) is 9.54. The topological polar surface area (TPSA) is 61.8 Å². The highest BCUT2D eigenvalue weighted by Crippen LogP contribution is 2.20. The molecule has 1 aromatic carbocycles. The number of carbonyl (C=O) groups excluding carboxylic acids is 2. The van der Waals surface area contributed by atoms with Crippen molar-refractivity contribution in [2.24, 2.45) is 0 Å². The minimum Gasteiger partial charge on any atom is -0.500 e. The average Bonchev–Trinajstić information content (AvgIpc) is 2.46. The summed E-state index contributed by atoms with van der Waals surface area (Å²) in [6.45, 7) is 1.98. The lowest BCUT2D eigenvalue weighted by Gasteiger charge is -2.07. The molecule has 0 heterocycles. The molecule has 0 bridgehead atoms. The van der Waals surface area contributed by atoms with Crippen LogP contribution < -0.4 is 4.74 Å². The maximum atomic E-state index is 13.6. The van der Waals surface area contributed by atoms with E-state index in [-0.39, 0.29) is 23.5 Å². The van der Waals surface area contributed by atoms with E-state index < -0.39 is 17.6 Å². The molecule has 0 unspecified atom stereocenters. The first kappa shape index (κ1) is 15.7. The Morgan fingerprint density at radius 1 is 1.30 bits per heavy atom. The smallest absolute Gasteiger partial charge is 0.345 e. The molecule has 0 atom stereocenters. The lowest BCUT2D eigenvalue weighted by Crippen LogP contribution is -2.15. The van der Waals surface area contributed by atoms with Crippen LogP contribution in [0, 0.1) is 5.82 Å². The third-order valence-electron chi connectivity index (χ3n) is 2.43. The summed E-state index contributed by atoms with van der Waals surface area (Å²) in [5.41, 5.74) is -0.307. The molecular formula is C14H15FO5. The molecule has 108 valence electrons. The number of halogens is 1. The Hall–Kier alpha value is -2.37. The van der Waals surface area contributed by atoms with Gasteiger partial charge in [0.05, 0.1) is 20.8 Å². The summed E-state index contributed by atoms with van der Waals surface area (Å²) in [6.07, 6.45) is 1.01. The van der Waals surface area contributed by atoms with Crippen LogP contribution in [0.4, 0.5) is 4.39 Å². The van der Waals surface area contributed by atoms with Crippen molar-refractivity contribution in [3.63, 3.8) is 0 Å². The van der Waals surface area contributed by atoms with Gasteiger partial charge in [-0.1, -0.05) is 0 Å². The maximum Gasteiger partial charge on any atom is 0.345 e. The third kappa shape index (κ3) is 3.57. The second kappa shape index (κ2) is 7.28. The fraction of sp³-hybridized carbons (Fsp3) is 0.286. The fourth-order valence-electron chi connectivity index (χ4n) is 1.43. The first-order valence-corrected chi connectivity index (χ1v) is 5.83. The predicted octanol–water partition coefficient (Wildman–Crippen LogP) is 2.11. The number of Topliss-reactive ketones (excluding diaryl/α,β-unsaturated/α-hetero) is 1. The van der Waals surface area contributed by atoms with Gasteiger partial charge in [-0.25, -0.2) is 9.18 Å². The van der Waals surface area contributed by atoms with Crippen LogP contribution in [0.25, 0.3) is 0 Å². The minimum atomic E-state index is -0.848. The highest BCUT2D eigenvalue weighted by molar-refractivity contribution is 6.24. The molecule has 0 N–H and O–H groups in total. The van der Waals surface area contributed by atoms with E-state index in [0.717, 1.165) is 19.4 Å². The molecule has 0 aliphatic carbocycles. The molecule has 0 saturated carbocycles. The lowest BCUT2D eigenvalue weighted by molar-refractivity contribution is -0.135. The first-order valence-electron chi connectivity index (χ1n) is 5.83. The van der Waals surface area contributed by atoms with Gasteiger partial charge in [-0.05, 0) is 25.1 Å². The van der Waals surface area contributed by atoms with Crippen molar-refractivity contribution in [3.8, 4) is 5.75 Å². The van der Waals surface area contributed by atoms with Crippen LogP contribution in [0.3, 0.4) is 0 Å². The van der Waals surface area contributed by atoms with Crippen LogP contribution >= 0.6 is 0 Å². The van der Waals surface area contributed by atoms with Crippen molar-refractivity contribution in [2.75, 3.05) is 20.8 Å². The van der Waals surface area contributed by atoms with Crippen LogP contribution in [-0.2, 0) is 14.3 Å². The van der Waals surface area contributed by atoms with E-state index in [9.17, 15) is 14.0 Å². The van der Waals surface area contributed by atoms with Crippen molar-refractivity contribution in [3.05, 3.63) is 41.4 Å². The summed E-state index contributed by atoms with van der Waals surface area (Å²) in [4.78, 5) is 23.7. The average molecular weight is 282 g/mol. The van der Waals surface area contributed by atoms with Crippen molar-refractivity contribution in [1.29, 1.82) is 0 Å². The quantitative estimate of drug-likeness (QED) is 0.200. The monoisotopic (exact) mass is 282 g/mol. The summed E-state index contributed by atoms with van der Waals surface area (Å²) in [5, 5.41) is 0. The number of carbonyl (C=O) groups is 2. The highest BCUT2D eigenvalue weighted by Gasteiger charge is 2.22. The van der Waals surface area contributed by atoms with Gasteiger partial charge < -0.3 is 14.2 Å². The van der Waals surface area contributed by atoms with E-state index in [1.165, 1.54) is 19.2 Å². The largest absolute Gasteiger partial charge is 0.500 e. The Morgan fingerprint density at radius 3 is 2.50 bits per heavy atom. The van der Waals surface area contributed by atoms with Gasteiger partial charge in [0.25, 0.3) is 0 Å². The number of ketones is 1. The molecule has 1 rings (SSSR count). The molecular weight excluding hydrogens is 267 g/mol. The van der Waals surface area contributed by atoms with Gasteiger partial charge in [-0.2, -0.15) is 0 Å². The summed E-state index contributed by atoms with van der Waals surface area (Å²) >= 11 is 0. The zero-order valence-electron chi connectivity index (χ0n) is 11.4. The number of benzene rings is 1. The number of esters is 1. The zero-order valence-corrected chi connectivity index (χ0v) is 11.4. The SMILES string of the molecule is CCOC=C(C(=O)OC)C(=O)c1ccc(OC)c(F)c1. The normalized spacial score (nSPS) is 10.9. The van der Waals surface area contributed by atoms with Gasteiger partial charge in [-0.3, -0.25) is 4.79 Å². The Morgan fingerprint density at radius 2 is 2.00 bits per heavy atom. The molecule has 0 aromatic heterocycles.